The predicted molar refractivity (Wildman–Crippen MR) is 56.4 cm³/mol. The highest BCUT2D eigenvalue weighted by molar-refractivity contribution is 5.41. The van der Waals surface area contributed by atoms with E-state index < -0.39 is 0 Å². The van der Waals surface area contributed by atoms with E-state index in [1.807, 2.05) is 0 Å². The minimum Gasteiger partial charge on any atom is -0.504 e. The van der Waals surface area contributed by atoms with Gasteiger partial charge in [-0.05, 0) is 17.7 Å². The molecular formula is C11H13NO3. The number of ether oxygens (including phenoxy) is 1. The summed E-state index contributed by atoms with van der Waals surface area (Å²) in [4.78, 5) is 0. The molecule has 0 radical (unpaired) electrons. The van der Waals surface area contributed by atoms with Crippen molar-refractivity contribution < 1.29 is 14.9 Å². The maximum Gasteiger partial charge on any atom is 0.157 e. The Hall–Kier alpha value is -1.70. The molecule has 0 bridgehead atoms. The molecule has 15 heavy (non-hydrogen) atoms. The van der Waals surface area contributed by atoms with E-state index in [4.69, 9.17) is 22.0 Å². The predicted octanol–water partition coefficient (Wildman–Crippen LogP) is 0.747. The summed E-state index contributed by atoms with van der Waals surface area (Å²) in [6.45, 7) is 0.412. The van der Waals surface area contributed by atoms with E-state index in [2.05, 4.69) is 5.92 Å². The number of nitrogens with two attached hydrogens (primary N) is 1. The third-order valence-corrected chi connectivity index (χ3v) is 1.95. The van der Waals surface area contributed by atoms with Crippen molar-refractivity contribution in [2.45, 2.75) is 6.10 Å². The van der Waals surface area contributed by atoms with Crippen molar-refractivity contribution in [2.75, 3.05) is 13.2 Å². The van der Waals surface area contributed by atoms with Crippen LogP contribution in [-0.2, 0) is 4.74 Å². The number of phenols is 2. The number of hydrogen-bond acceptors (Lipinski definition) is 4. The number of hydrogen-bond donors (Lipinski definition) is 3. The SMILES string of the molecule is C#CCOC(CN)c1ccc(O)c(O)c1. The lowest BCUT2D eigenvalue weighted by Crippen LogP contribution is -2.15. The van der Waals surface area contributed by atoms with Crippen molar-refractivity contribution >= 4 is 0 Å². The Morgan fingerprint density at radius 2 is 2.13 bits per heavy atom. The fourth-order valence-electron chi connectivity index (χ4n) is 1.19. The molecule has 0 spiro atoms. The fraction of sp³-hybridized carbons (Fsp3) is 0.273. The monoisotopic (exact) mass is 207 g/mol. The fourth-order valence-corrected chi connectivity index (χ4v) is 1.19. The first-order chi connectivity index (χ1) is 7.19. The van der Waals surface area contributed by atoms with E-state index in [1.165, 1.54) is 12.1 Å². The van der Waals surface area contributed by atoms with Gasteiger partial charge in [-0.1, -0.05) is 12.0 Å². The van der Waals surface area contributed by atoms with Crippen molar-refractivity contribution in [3.05, 3.63) is 23.8 Å². The molecular weight excluding hydrogens is 194 g/mol. The van der Waals surface area contributed by atoms with Gasteiger partial charge in [-0.15, -0.1) is 6.42 Å². The number of phenolic OH excluding ortho intramolecular Hbond substituents is 2. The average Bonchev–Trinajstić information content (AvgIpc) is 2.24. The first-order valence-corrected chi connectivity index (χ1v) is 4.46. The Bertz CT molecular complexity index is 371. The molecule has 0 aliphatic carbocycles. The van der Waals surface area contributed by atoms with Crippen molar-refractivity contribution in [3.63, 3.8) is 0 Å². The van der Waals surface area contributed by atoms with E-state index in [0.29, 0.717) is 5.56 Å². The van der Waals surface area contributed by atoms with Gasteiger partial charge in [-0.3, -0.25) is 0 Å². The van der Waals surface area contributed by atoms with Crippen LogP contribution < -0.4 is 5.73 Å². The summed E-state index contributed by atoms with van der Waals surface area (Å²) in [6, 6.07) is 4.42. The number of rotatable bonds is 4. The normalized spacial score (nSPS) is 12.0. The molecule has 4 nitrogen and oxygen atoms in total. The Labute approximate surface area is 88.3 Å². The molecule has 1 rings (SSSR count). The van der Waals surface area contributed by atoms with Crippen LogP contribution in [0.3, 0.4) is 0 Å². The smallest absolute Gasteiger partial charge is 0.157 e. The highest BCUT2D eigenvalue weighted by Gasteiger charge is 2.11. The third-order valence-electron chi connectivity index (χ3n) is 1.95. The van der Waals surface area contributed by atoms with E-state index >= 15 is 0 Å². The van der Waals surface area contributed by atoms with Gasteiger partial charge in [0.15, 0.2) is 11.5 Å². The van der Waals surface area contributed by atoms with Crippen LogP contribution in [0.5, 0.6) is 11.5 Å². The summed E-state index contributed by atoms with van der Waals surface area (Å²) < 4.78 is 5.27. The topological polar surface area (TPSA) is 75.7 Å². The van der Waals surface area contributed by atoms with Crippen molar-refractivity contribution in [2.24, 2.45) is 5.73 Å². The van der Waals surface area contributed by atoms with Crippen LogP contribution in [-0.4, -0.2) is 23.4 Å². The van der Waals surface area contributed by atoms with Crippen molar-refractivity contribution in [1.82, 2.24) is 0 Å². The Kier molecular flexibility index (Phi) is 3.98. The van der Waals surface area contributed by atoms with Gasteiger partial charge >= 0.3 is 0 Å². The second-order valence-corrected chi connectivity index (χ2v) is 2.99. The van der Waals surface area contributed by atoms with E-state index in [9.17, 15) is 5.11 Å². The maximum absolute atomic E-state index is 9.28. The first kappa shape index (κ1) is 11.4. The van der Waals surface area contributed by atoms with E-state index in [-0.39, 0.29) is 30.8 Å². The molecule has 0 saturated carbocycles. The van der Waals surface area contributed by atoms with Crippen LogP contribution in [0.15, 0.2) is 18.2 Å². The summed E-state index contributed by atoms with van der Waals surface area (Å²) in [5.74, 6) is 1.97. The van der Waals surface area contributed by atoms with Gasteiger partial charge in [0.2, 0.25) is 0 Å². The molecule has 0 amide bonds. The molecule has 1 aromatic rings. The zero-order chi connectivity index (χ0) is 11.3. The molecule has 0 fully saturated rings. The van der Waals surface area contributed by atoms with Crippen LogP contribution in [0.4, 0.5) is 0 Å². The van der Waals surface area contributed by atoms with Gasteiger partial charge in [0.1, 0.15) is 6.61 Å². The minimum absolute atomic E-state index is 0.156. The zero-order valence-electron chi connectivity index (χ0n) is 8.18. The summed E-state index contributed by atoms with van der Waals surface area (Å²) in [6.07, 6.45) is 4.69. The lowest BCUT2D eigenvalue weighted by Gasteiger charge is -2.15. The third kappa shape index (κ3) is 2.88. The van der Waals surface area contributed by atoms with E-state index in [1.54, 1.807) is 6.07 Å². The lowest BCUT2D eigenvalue weighted by atomic mass is 10.1. The summed E-state index contributed by atoms with van der Waals surface area (Å²) in [5.41, 5.74) is 6.18. The quantitative estimate of drug-likeness (QED) is 0.503. The Morgan fingerprint density at radius 3 is 2.67 bits per heavy atom. The number of terminal acetylenes is 1. The van der Waals surface area contributed by atoms with Crippen molar-refractivity contribution in [3.8, 4) is 23.8 Å². The molecule has 0 heterocycles. The summed E-state index contributed by atoms with van der Waals surface area (Å²) in [5, 5.41) is 18.4. The highest BCUT2D eigenvalue weighted by atomic mass is 16.5. The van der Waals surface area contributed by atoms with Crippen LogP contribution in [0.25, 0.3) is 0 Å². The molecule has 0 aromatic heterocycles. The molecule has 0 aliphatic heterocycles. The van der Waals surface area contributed by atoms with Gasteiger partial charge < -0.3 is 20.7 Å². The molecule has 1 unspecified atom stereocenters. The van der Waals surface area contributed by atoms with Gasteiger partial charge in [-0.25, -0.2) is 0 Å². The Morgan fingerprint density at radius 1 is 1.40 bits per heavy atom. The Balaban J connectivity index is 2.83. The second kappa shape index (κ2) is 5.25. The number of benzene rings is 1. The van der Waals surface area contributed by atoms with Gasteiger partial charge in [0.25, 0.3) is 0 Å². The lowest BCUT2D eigenvalue weighted by molar-refractivity contribution is 0.0843. The standard InChI is InChI=1S/C11H13NO3/c1-2-5-15-11(7-12)8-3-4-9(13)10(14)6-8/h1,3-4,6,11,13-14H,5,7,12H2. The van der Waals surface area contributed by atoms with Crippen LogP contribution >= 0.6 is 0 Å². The first-order valence-electron chi connectivity index (χ1n) is 4.46. The number of aromatic hydroxyl groups is 2. The highest BCUT2D eigenvalue weighted by Crippen LogP contribution is 2.28. The van der Waals surface area contributed by atoms with Crippen LogP contribution in [0.1, 0.15) is 11.7 Å². The minimum atomic E-state index is -0.368. The molecule has 1 aromatic carbocycles. The average molecular weight is 207 g/mol. The molecule has 80 valence electrons. The van der Waals surface area contributed by atoms with Crippen LogP contribution in [0, 0.1) is 12.3 Å². The molecule has 0 aliphatic rings. The van der Waals surface area contributed by atoms with Crippen LogP contribution in [0.2, 0.25) is 0 Å². The molecule has 0 saturated heterocycles. The van der Waals surface area contributed by atoms with Gasteiger partial charge in [0, 0.05) is 6.54 Å². The second-order valence-electron chi connectivity index (χ2n) is 2.99. The molecule has 4 heteroatoms. The molecule has 4 N–H and O–H groups in total. The van der Waals surface area contributed by atoms with E-state index in [0.717, 1.165) is 0 Å². The largest absolute Gasteiger partial charge is 0.504 e. The maximum atomic E-state index is 9.28. The van der Waals surface area contributed by atoms with Gasteiger partial charge in [-0.2, -0.15) is 0 Å². The van der Waals surface area contributed by atoms with Gasteiger partial charge in [0.05, 0.1) is 6.10 Å². The summed E-state index contributed by atoms with van der Waals surface area (Å²) >= 11 is 0. The van der Waals surface area contributed by atoms with Crippen molar-refractivity contribution in [1.29, 1.82) is 0 Å². The summed E-state index contributed by atoms with van der Waals surface area (Å²) in [7, 11) is 0. The molecule has 1 atom stereocenters. The zero-order valence-corrected chi connectivity index (χ0v) is 8.18.